The van der Waals surface area contributed by atoms with Gasteiger partial charge in [-0.3, -0.25) is 10.3 Å². The molecule has 0 saturated carbocycles. The first-order valence-electron chi connectivity index (χ1n) is 5.86. The number of hydrogen-bond acceptors (Lipinski definition) is 5. The highest BCUT2D eigenvalue weighted by atomic mass is 16.5. The second-order valence-electron chi connectivity index (χ2n) is 4.29. The lowest BCUT2D eigenvalue weighted by Crippen LogP contribution is -2.47. The molecule has 5 heteroatoms. The smallest absolute Gasteiger partial charge is 0.183 e. The summed E-state index contributed by atoms with van der Waals surface area (Å²) >= 11 is 0. The molecule has 3 heterocycles. The second kappa shape index (κ2) is 4.25. The molecule has 88 valence electrons. The molecule has 5 nitrogen and oxygen atoms in total. The third kappa shape index (κ3) is 1.72. The van der Waals surface area contributed by atoms with E-state index in [9.17, 15) is 0 Å². The van der Waals surface area contributed by atoms with E-state index < -0.39 is 0 Å². The predicted octanol–water partition coefficient (Wildman–Crippen LogP) is 1.48. The van der Waals surface area contributed by atoms with Crippen LogP contribution in [0.25, 0.3) is 0 Å². The molecule has 3 rings (SSSR count). The Bertz CT molecular complexity index is 463. The predicted molar refractivity (Wildman–Crippen MR) is 61.2 cm³/mol. The van der Waals surface area contributed by atoms with Gasteiger partial charge in [0.1, 0.15) is 5.54 Å². The molecule has 2 aromatic heterocycles. The van der Waals surface area contributed by atoms with Crippen LogP contribution in [0.1, 0.15) is 30.7 Å². The van der Waals surface area contributed by atoms with E-state index in [0.717, 1.165) is 30.8 Å². The summed E-state index contributed by atoms with van der Waals surface area (Å²) in [5.41, 5.74) is 0.612. The minimum Gasteiger partial charge on any atom is -0.340 e. The molecule has 1 fully saturated rings. The first kappa shape index (κ1) is 10.4. The van der Waals surface area contributed by atoms with Crippen molar-refractivity contribution in [2.45, 2.75) is 24.8 Å². The molecule has 17 heavy (non-hydrogen) atoms. The third-order valence-electron chi connectivity index (χ3n) is 3.29. The Hall–Kier alpha value is -1.75. The summed E-state index contributed by atoms with van der Waals surface area (Å²) in [5.74, 6) is 0.746. The van der Waals surface area contributed by atoms with Crippen LogP contribution in [0.15, 0.2) is 35.1 Å². The van der Waals surface area contributed by atoms with Gasteiger partial charge in [0, 0.05) is 11.5 Å². The van der Waals surface area contributed by atoms with E-state index in [2.05, 4.69) is 20.7 Å². The molecule has 0 amide bonds. The Kier molecular flexibility index (Phi) is 2.60. The minimum atomic E-state index is -0.358. The number of rotatable bonds is 2. The van der Waals surface area contributed by atoms with Gasteiger partial charge in [0.2, 0.25) is 0 Å². The van der Waals surface area contributed by atoms with E-state index in [1.54, 1.807) is 12.4 Å². The highest BCUT2D eigenvalue weighted by molar-refractivity contribution is 5.27. The Morgan fingerprint density at radius 2 is 2.29 bits per heavy atom. The van der Waals surface area contributed by atoms with E-state index in [0.29, 0.717) is 0 Å². The molecule has 1 aliphatic rings. The Morgan fingerprint density at radius 3 is 2.94 bits per heavy atom. The summed E-state index contributed by atoms with van der Waals surface area (Å²) in [6, 6.07) is 5.92. The standard InChI is InChI=1S/C12H14N4O/c1-3-7-13-10(5-1)12(6-2-4-8-14-12)11-9-15-16-17-11/h1,3,5,7,9,14H,2,4,6,8H2. The SMILES string of the molecule is c1ccc(C2(c3cnno3)CCCCN2)nc1. The summed E-state index contributed by atoms with van der Waals surface area (Å²) < 4.78 is 5.27. The van der Waals surface area contributed by atoms with Gasteiger partial charge in [-0.05, 0) is 37.9 Å². The molecular formula is C12H14N4O. The molecule has 1 aliphatic heterocycles. The normalized spacial score (nSPS) is 24.7. The van der Waals surface area contributed by atoms with Crippen LogP contribution in [0.4, 0.5) is 0 Å². The maximum absolute atomic E-state index is 5.27. The lowest BCUT2D eigenvalue weighted by Gasteiger charge is -2.35. The van der Waals surface area contributed by atoms with Crippen molar-refractivity contribution in [1.29, 1.82) is 0 Å². The van der Waals surface area contributed by atoms with Crippen LogP contribution in [0.2, 0.25) is 0 Å². The molecule has 0 aromatic carbocycles. The summed E-state index contributed by atoms with van der Waals surface area (Å²) in [4.78, 5) is 4.45. The van der Waals surface area contributed by atoms with Gasteiger partial charge in [0.05, 0.1) is 11.9 Å². The maximum atomic E-state index is 5.27. The van der Waals surface area contributed by atoms with Crippen molar-refractivity contribution in [1.82, 2.24) is 20.7 Å². The van der Waals surface area contributed by atoms with Gasteiger partial charge in [-0.25, -0.2) is 0 Å². The average Bonchev–Trinajstić information content (AvgIpc) is 2.95. The molecule has 1 saturated heterocycles. The Morgan fingerprint density at radius 1 is 1.29 bits per heavy atom. The fourth-order valence-corrected chi connectivity index (χ4v) is 2.43. The summed E-state index contributed by atoms with van der Waals surface area (Å²) in [5, 5.41) is 10.9. The summed E-state index contributed by atoms with van der Waals surface area (Å²) in [7, 11) is 0. The number of aromatic nitrogens is 3. The van der Waals surface area contributed by atoms with Gasteiger partial charge in [0.25, 0.3) is 0 Å². The van der Waals surface area contributed by atoms with Crippen LogP contribution >= 0.6 is 0 Å². The number of nitrogens with zero attached hydrogens (tertiary/aromatic N) is 3. The van der Waals surface area contributed by atoms with Gasteiger partial charge in [-0.15, -0.1) is 5.10 Å². The first-order chi connectivity index (χ1) is 8.42. The Balaban J connectivity index is 2.08. The quantitative estimate of drug-likeness (QED) is 0.846. The van der Waals surface area contributed by atoms with Crippen LogP contribution in [0.5, 0.6) is 0 Å². The van der Waals surface area contributed by atoms with Crippen molar-refractivity contribution in [2.75, 3.05) is 6.54 Å². The second-order valence-corrected chi connectivity index (χ2v) is 4.29. The zero-order valence-corrected chi connectivity index (χ0v) is 9.47. The highest BCUT2D eigenvalue weighted by Gasteiger charge is 2.40. The number of pyridine rings is 1. The van der Waals surface area contributed by atoms with Gasteiger partial charge in [-0.2, -0.15) is 0 Å². The Labute approximate surface area is 99.2 Å². The lowest BCUT2D eigenvalue weighted by molar-refractivity contribution is 0.227. The van der Waals surface area contributed by atoms with Crippen LogP contribution < -0.4 is 5.32 Å². The lowest BCUT2D eigenvalue weighted by atomic mass is 9.83. The molecular weight excluding hydrogens is 216 g/mol. The van der Waals surface area contributed by atoms with E-state index in [-0.39, 0.29) is 5.54 Å². The monoisotopic (exact) mass is 230 g/mol. The van der Waals surface area contributed by atoms with Crippen molar-refractivity contribution >= 4 is 0 Å². The molecule has 2 aromatic rings. The van der Waals surface area contributed by atoms with E-state index >= 15 is 0 Å². The fourth-order valence-electron chi connectivity index (χ4n) is 2.43. The molecule has 0 radical (unpaired) electrons. The summed E-state index contributed by atoms with van der Waals surface area (Å²) in [6.07, 6.45) is 6.76. The topological polar surface area (TPSA) is 63.8 Å². The van der Waals surface area contributed by atoms with E-state index in [1.807, 2.05) is 18.2 Å². The largest absolute Gasteiger partial charge is 0.340 e. The van der Waals surface area contributed by atoms with Crippen LogP contribution in [-0.4, -0.2) is 21.9 Å². The van der Waals surface area contributed by atoms with Gasteiger partial charge in [0.15, 0.2) is 5.76 Å². The van der Waals surface area contributed by atoms with Crippen molar-refractivity contribution in [2.24, 2.45) is 0 Å². The molecule has 1 atom stereocenters. The fraction of sp³-hybridized carbons (Fsp3) is 0.417. The molecule has 1 N–H and O–H groups in total. The van der Waals surface area contributed by atoms with Crippen LogP contribution in [-0.2, 0) is 5.54 Å². The maximum Gasteiger partial charge on any atom is 0.183 e. The zero-order chi connectivity index (χ0) is 11.6. The van der Waals surface area contributed by atoms with Gasteiger partial charge >= 0.3 is 0 Å². The van der Waals surface area contributed by atoms with Crippen LogP contribution in [0.3, 0.4) is 0 Å². The zero-order valence-electron chi connectivity index (χ0n) is 9.47. The van der Waals surface area contributed by atoms with E-state index in [1.165, 1.54) is 6.42 Å². The average molecular weight is 230 g/mol. The van der Waals surface area contributed by atoms with Crippen molar-refractivity contribution in [3.8, 4) is 0 Å². The van der Waals surface area contributed by atoms with Gasteiger partial charge < -0.3 is 4.52 Å². The van der Waals surface area contributed by atoms with Crippen molar-refractivity contribution < 1.29 is 4.52 Å². The number of piperidine rings is 1. The highest BCUT2D eigenvalue weighted by Crippen LogP contribution is 2.35. The van der Waals surface area contributed by atoms with Gasteiger partial charge in [-0.1, -0.05) is 6.07 Å². The third-order valence-corrected chi connectivity index (χ3v) is 3.29. The molecule has 0 spiro atoms. The number of hydrogen-bond donors (Lipinski definition) is 1. The molecule has 1 unspecified atom stereocenters. The molecule has 0 aliphatic carbocycles. The summed E-state index contributed by atoms with van der Waals surface area (Å²) in [6.45, 7) is 0.956. The first-order valence-corrected chi connectivity index (χ1v) is 5.86. The van der Waals surface area contributed by atoms with Crippen molar-refractivity contribution in [3.63, 3.8) is 0 Å². The minimum absolute atomic E-state index is 0.358. The van der Waals surface area contributed by atoms with E-state index in [4.69, 9.17) is 4.52 Å². The van der Waals surface area contributed by atoms with Crippen molar-refractivity contribution in [3.05, 3.63) is 42.0 Å². The molecule has 0 bridgehead atoms. The number of nitrogens with one attached hydrogen (secondary N) is 1. The van der Waals surface area contributed by atoms with Crippen LogP contribution in [0, 0.1) is 0 Å².